The molecule has 94 valence electrons. The van der Waals surface area contributed by atoms with Crippen molar-refractivity contribution in [1.82, 2.24) is 9.88 Å². The van der Waals surface area contributed by atoms with E-state index in [0.717, 1.165) is 32.4 Å². The number of hydrogen-bond acceptors (Lipinski definition) is 2. The maximum Gasteiger partial charge on any atom is 0.250 e. The van der Waals surface area contributed by atoms with Gasteiger partial charge in [0.05, 0.1) is 0 Å². The normalized spacial score (nSPS) is 15.9. The number of hydrogen-bond donors (Lipinski definition) is 1. The first-order valence-electron chi connectivity index (χ1n) is 6.71. The van der Waals surface area contributed by atoms with Gasteiger partial charge >= 0.3 is 0 Å². The molecule has 2 rings (SSSR count). The summed E-state index contributed by atoms with van der Waals surface area (Å²) in [6.07, 6.45) is 4.45. The number of aryl methyl sites for hydroxylation is 1. The largest absolute Gasteiger partial charge is 0.312 e. The van der Waals surface area contributed by atoms with Gasteiger partial charge in [-0.1, -0.05) is 19.9 Å². The molecule has 1 aromatic heterocycles. The topological polar surface area (TPSA) is 34.0 Å². The molecule has 1 aromatic rings. The maximum absolute atomic E-state index is 12.0. The second-order valence-corrected chi connectivity index (χ2v) is 4.77. The predicted octanol–water partition coefficient (Wildman–Crippen LogP) is 1.73. The molecule has 0 saturated carbocycles. The molecule has 1 aliphatic carbocycles. The van der Waals surface area contributed by atoms with Crippen molar-refractivity contribution in [2.45, 2.75) is 52.1 Å². The minimum absolute atomic E-state index is 0.155. The van der Waals surface area contributed by atoms with Gasteiger partial charge in [0, 0.05) is 24.3 Å². The fourth-order valence-electron chi connectivity index (χ4n) is 2.68. The summed E-state index contributed by atoms with van der Waals surface area (Å²) in [4.78, 5) is 12.0. The molecule has 1 unspecified atom stereocenters. The van der Waals surface area contributed by atoms with Gasteiger partial charge in [-0.2, -0.15) is 0 Å². The summed E-state index contributed by atoms with van der Waals surface area (Å²) < 4.78 is 1.99. The van der Waals surface area contributed by atoms with E-state index in [2.05, 4.69) is 19.2 Å². The lowest BCUT2D eigenvalue weighted by molar-refractivity contribution is 0.433. The molecule has 3 nitrogen and oxygen atoms in total. The molecule has 0 fully saturated rings. The van der Waals surface area contributed by atoms with Crippen LogP contribution < -0.4 is 10.9 Å². The van der Waals surface area contributed by atoms with Crippen LogP contribution in [0.4, 0.5) is 0 Å². The van der Waals surface area contributed by atoms with Gasteiger partial charge in [0.15, 0.2) is 0 Å². The van der Waals surface area contributed by atoms with Crippen molar-refractivity contribution in [3.05, 3.63) is 33.7 Å². The number of aromatic nitrogens is 1. The van der Waals surface area contributed by atoms with Crippen LogP contribution in [0.2, 0.25) is 0 Å². The van der Waals surface area contributed by atoms with Gasteiger partial charge in [-0.15, -0.1) is 0 Å². The SMILES string of the molecule is CCNC(CC)Cn1c2c(ccc1=O)CCC2. The first-order chi connectivity index (χ1) is 8.26. The highest BCUT2D eigenvalue weighted by molar-refractivity contribution is 5.25. The zero-order chi connectivity index (χ0) is 12.3. The zero-order valence-electron chi connectivity index (χ0n) is 10.8. The van der Waals surface area contributed by atoms with Crippen molar-refractivity contribution in [2.75, 3.05) is 6.54 Å². The van der Waals surface area contributed by atoms with Crippen LogP contribution in [0.25, 0.3) is 0 Å². The van der Waals surface area contributed by atoms with E-state index in [-0.39, 0.29) is 5.56 Å². The van der Waals surface area contributed by atoms with E-state index in [9.17, 15) is 4.79 Å². The fourth-order valence-corrected chi connectivity index (χ4v) is 2.68. The average Bonchev–Trinajstić information content (AvgIpc) is 2.80. The third-order valence-corrected chi connectivity index (χ3v) is 3.64. The van der Waals surface area contributed by atoms with Crippen molar-refractivity contribution < 1.29 is 0 Å². The third-order valence-electron chi connectivity index (χ3n) is 3.64. The first-order valence-corrected chi connectivity index (χ1v) is 6.71. The van der Waals surface area contributed by atoms with E-state index in [1.54, 1.807) is 6.07 Å². The second-order valence-electron chi connectivity index (χ2n) is 4.77. The van der Waals surface area contributed by atoms with Gasteiger partial charge in [-0.05, 0) is 37.8 Å². The van der Waals surface area contributed by atoms with Crippen LogP contribution >= 0.6 is 0 Å². The number of nitrogens with one attached hydrogen (secondary N) is 1. The fraction of sp³-hybridized carbons (Fsp3) is 0.643. The minimum atomic E-state index is 0.155. The predicted molar refractivity (Wildman–Crippen MR) is 70.5 cm³/mol. The summed E-state index contributed by atoms with van der Waals surface area (Å²) >= 11 is 0. The van der Waals surface area contributed by atoms with Gasteiger partial charge in [0.25, 0.3) is 5.56 Å². The molecule has 1 N–H and O–H groups in total. The molecule has 0 aromatic carbocycles. The van der Waals surface area contributed by atoms with Crippen LogP contribution in [-0.4, -0.2) is 17.2 Å². The Morgan fingerprint density at radius 1 is 1.35 bits per heavy atom. The van der Waals surface area contributed by atoms with E-state index in [0.29, 0.717) is 6.04 Å². The van der Waals surface area contributed by atoms with E-state index >= 15 is 0 Å². The lowest BCUT2D eigenvalue weighted by atomic mass is 10.2. The number of nitrogens with zero attached hydrogens (tertiary/aromatic N) is 1. The monoisotopic (exact) mass is 234 g/mol. The van der Waals surface area contributed by atoms with Crippen LogP contribution in [0.5, 0.6) is 0 Å². The molecule has 1 heterocycles. The third kappa shape index (κ3) is 2.60. The Labute approximate surface area is 103 Å². The lowest BCUT2D eigenvalue weighted by Gasteiger charge is -2.19. The number of likely N-dealkylation sites (N-methyl/N-ethyl adjacent to an activating group) is 1. The number of rotatable bonds is 5. The summed E-state index contributed by atoms with van der Waals surface area (Å²) in [7, 11) is 0. The molecule has 0 bridgehead atoms. The molecule has 0 amide bonds. The van der Waals surface area contributed by atoms with Crippen LogP contribution in [0, 0.1) is 0 Å². The average molecular weight is 234 g/mol. The van der Waals surface area contributed by atoms with E-state index in [4.69, 9.17) is 0 Å². The van der Waals surface area contributed by atoms with Crippen molar-refractivity contribution in [3.63, 3.8) is 0 Å². The van der Waals surface area contributed by atoms with Gasteiger partial charge in [-0.3, -0.25) is 4.79 Å². The molecule has 3 heteroatoms. The van der Waals surface area contributed by atoms with Crippen molar-refractivity contribution in [3.8, 4) is 0 Å². The number of fused-ring (bicyclic) bond motifs is 1. The minimum Gasteiger partial charge on any atom is -0.312 e. The molecule has 1 aliphatic rings. The Hall–Kier alpha value is -1.09. The van der Waals surface area contributed by atoms with E-state index in [1.807, 2.05) is 10.6 Å². The Bertz CT molecular complexity index is 436. The van der Waals surface area contributed by atoms with Crippen LogP contribution in [0.3, 0.4) is 0 Å². The molecule has 17 heavy (non-hydrogen) atoms. The highest BCUT2D eigenvalue weighted by Crippen LogP contribution is 2.20. The standard InChI is InChI=1S/C14H22N2O/c1-3-12(15-4-2)10-16-13-7-5-6-11(13)8-9-14(16)17/h8-9,12,15H,3-7,10H2,1-2H3. The van der Waals surface area contributed by atoms with E-state index < -0.39 is 0 Å². The molecule has 0 saturated heterocycles. The molecular formula is C14H22N2O. The van der Waals surface area contributed by atoms with Crippen molar-refractivity contribution in [1.29, 1.82) is 0 Å². The quantitative estimate of drug-likeness (QED) is 0.842. The van der Waals surface area contributed by atoms with Gasteiger partial charge in [-0.25, -0.2) is 0 Å². The van der Waals surface area contributed by atoms with Gasteiger partial charge < -0.3 is 9.88 Å². The highest BCUT2D eigenvalue weighted by Gasteiger charge is 2.17. The van der Waals surface area contributed by atoms with Crippen LogP contribution in [-0.2, 0) is 19.4 Å². The van der Waals surface area contributed by atoms with Gasteiger partial charge in [0.2, 0.25) is 0 Å². The molecule has 0 aliphatic heterocycles. The summed E-state index contributed by atoms with van der Waals surface area (Å²) in [5, 5.41) is 3.44. The Kier molecular flexibility index (Phi) is 4.00. The maximum atomic E-state index is 12.0. The van der Waals surface area contributed by atoms with Crippen molar-refractivity contribution in [2.24, 2.45) is 0 Å². The first kappa shape index (κ1) is 12.4. The number of pyridine rings is 1. The molecular weight excluding hydrogens is 212 g/mol. The zero-order valence-corrected chi connectivity index (χ0v) is 10.8. The highest BCUT2D eigenvalue weighted by atomic mass is 16.1. The van der Waals surface area contributed by atoms with Crippen LogP contribution in [0.1, 0.15) is 37.9 Å². The lowest BCUT2D eigenvalue weighted by Crippen LogP contribution is -2.37. The van der Waals surface area contributed by atoms with Gasteiger partial charge in [0.1, 0.15) is 0 Å². The molecule has 0 radical (unpaired) electrons. The van der Waals surface area contributed by atoms with Crippen LogP contribution in [0.15, 0.2) is 16.9 Å². The second kappa shape index (κ2) is 5.50. The van der Waals surface area contributed by atoms with E-state index in [1.165, 1.54) is 17.7 Å². The summed E-state index contributed by atoms with van der Waals surface area (Å²) in [6, 6.07) is 4.14. The van der Waals surface area contributed by atoms with Crippen molar-refractivity contribution >= 4 is 0 Å². The Morgan fingerprint density at radius 3 is 2.88 bits per heavy atom. The smallest absolute Gasteiger partial charge is 0.250 e. The summed E-state index contributed by atoms with van der Waals surface area (Å²) in [6.45, 7) is 6.05. The summed E-state index contributed by atoms with van der Waals surface area (Å²) in [5.41, 5.74) is 2.80. The molecule has 1 atom stereocenters. The Balaban J connectivity index is 2.26. The summed E-state index contributed by atoms with van der Waals surface area (Å²) in [5.74, 6) is 0. The molecule has 0 spiro atoms. The Morgan fingerprint density at radius 2 is 2.18 bits per heavy atom.